The minimum absolute atomic E-state index is 0.144. The lowest BCUT2D eigenvalue weighted by Crippen LogP contribution is -2.51. The number of pyridine rings is 1. The molecule has 1 saturated carbocycles. The zero-order valence-electron chi connectivity index (χ0n) is 11.3. The second-order valence-corrected chi connectivity index (χ2v) is 5.50. The maximum Gasteiger partial charge on any atom is 0.256 e. The zero-order chi connectivity index (χ0) is 13.9. The van der Waals surface area contributed by atoms with Gasteiger partial charge in [0.25, 0.3) is 5.91 Å². The van der Waals surface area contributed by atoms with Gasteiger partial charge in [0.15, 0.2) is 5.43 Å². The molecule has 5 heteroatoms. The molecule has 19 heavy (non-hydrogen) atoms. The first-order valence-corrected chi connectivity index (χ1v) is 6.77. The van der Waals surface area contributed by atoms with E-state index in [2.05, 4.69) is 10.3 Å². The van der Waals surface area contributed by atoms with Gasteiger partial charge in [-0.1, -0.05) is 19.3 Å². The van der Waals surface area contributed by atoms with Crippen molar-refractivity contribution in [3.63, 3.8) is 0 Å². The van der Waals surface area contributed by atoms with Crippen LogP contribution in [0, 0.1) is 6.92 Å². The van der Waals surface area contributed by atoms with Gasteiger partial charge in [0.1, 0.15) is 5.56 Å². The number of rotatable bonds is 3. The number of amides is 1. The van der Waals surface area contributed by atoms with E-state index in [9.17, 15) is 9.59 Å². The molecule has 0 unspecified atom stereocenters. The van der Waals surface area contributed by atoms with Crippen LogP contribution in [-0.2, 0) is 0 Å². The number of aryl methyl sites for hydroxylation is 1. The molecule has 1 aromatic rings. The maximum atomic E-state index is 12.0. The van der Waals surface area contributed by atoms with E-state index < -0.39 is 0 Å². The molecule has 1 aliphatic carbocycles. The van der Waals surface area contributed by atoms with Crippen molar-refractivity contribution < 1.29 is 4.79 Å². The van der Waals surface area contributed by atoms with Crippen molar-refractivity contribution in [3.05, 3.63) is 33.7 Å². The average molecular weight is 263 g/mol. The molecule has 0 aliphatic heterocycles. The number of H-pyrrole nitrogens is 1. The Kier molecular flexibility index (Phi) is 4.04. The van der Waals surface area contributed by atoms with Crippen molar-refractivity contribution in [1.82, 2.24) is 10.3 Å². The lowest BCUT2D eigenvalue weighted by atomic mass is 9.82. The van der Waals surface area contributed by atoms with E-state index in [0.717, 1.165) is 31.4 Å². The fraction of sp³-hybridized carbons (Fsp3) is 0.571. The molecule has 1 heterocycles. The first-order chi connectivity index (χ1) is 9.00. The van der Waals surface area contributed by atoms with Crippen LogP contribution >= 0.6 is 0 Å². The molecule has 1 amide bonds. The third kappa shape index (κ3) is 3.44. The van der Waals surface area contributed by atoms with Gasteiger partial charge in [0.2, 0.25) is 0 Å². The summed E-state index contributed by atoms with van der Waals surface area (Å²) in [6.45, 7) is 2.21. The van der Waals surface area contributed by atoms with Gasteiger partial charge in [-0.15, -0.1) is 0 Å². The molecule has 0 radical (unpaired) electrons. The predicted octanol–water partition coefficient (Wildman–Crippen LogP) is 1.07. The Hall–Kier alpha value is -1.62. The van der Waals surface area contributed by atoms with Gasteiger partial charge in [0, 0.05) is 30.0 Å². The van der Waals surface area contributed by atoms with Crippen molar-refractivity contribution >= 4 is 5.91 Å². The van der Waals surface area contributed by atoms with Crippen LogP contribution in [0.4, 0.5) is 0 Å². The van der Waals surface area contributed by atoms with Crippen molar-refractivity contribution in [1.29, 1.82) is 0 Å². The third-order valence-electron chi connectivity index (χ3n) is 3.75. The Morgan fingerprint density at radius 2 is 2.11 bits per heavy atom. The number of hydrogen-bond acceptors (Lipinski definition) is 3. The van der Waals surface area contributed by atoms with Gasteiger partial charge < -0.3 is 16.0 Å². The molecule has 0 bridgehead atoms. The highest BCUT2D eigenvalue weighted by Gasteiger charge is 2.28. The number of aromatic amines is 1. The van der Waals surface area contributed by atoms with E-state index >= 15 is 0 Å². The van der Waals surface area contributed by atoms with Gasteiger partial charge in [0.05, 0.1) is 0 Å². The normalized spacial score (nSPS) is 18.0. The zero-order valence-corrected chi connectivity index (χ0v) is 11.3. The number of hydrogen-bond donors (Lipinski definition) is 3. The smallest absolute Gasteiger partial charge is 0.256 e. The highest BCUT2D eigenvalue weighted by Crippen LogP contribution is 2.25. The summed E-state index contributed by atoms with van der Waals surface area (Å²) in [5, 5.41) is 2.79. The summed E-state index contributed by atoms with van der Waals surface area (Å²) in [6, 6.07) is 1.42. The van der Waals surface area contributed by atoms with Crippen molar-refractivity contribution in [3.8, 4) is 0 Å². The largest absolute Gasteiger partial charge is 0.364 e. The first-order valence-electron chi connectivity index (χ1n) is 6.77. The van der Waals surface area contributed by atoms with Gasteiger partial charge in [-0.05, 0) is 19.8 Å². The fourth-order valence-electron chi connectivity index (χ4n) is 2.53. The van der Waals surface area contributed by atoms with Crippen molar-refractivity contribution in [2.24, 2.45) is 5.73 Å². The van der Waals surface area contributed by atoms with E-state index in [1.165, 1.54) is 18.7 Å². The highest BCUT2D eigenvalue weighted by molar-refractivity contribution is 5.93. The van der Waals surface area contributed by atoms with Crippen LogP contribution in [0.15, 0.2) is 17.1 Å². The molecule has 1 fully saturated rings. The SMILES string of the molecule is Cc1cc(=O)c(C(=O)NCC2(N)CCCCC2)c[nH]1. The summed E-state index contributed by atoms with van der Waals surface area (Å²) >= 11 is 0. The Balaban J connectivity index is 1.99. The minimum atomic E-state index is -0.350. The Bertz CT molecular complexity index is 516. The van der Waals surface area contributed by atoms with Crippen molar-refractivity contribution in [2.75, 3.05) is 6.54 Å². The lowest BCUT2D eigenvalue weighted by molar-refractivity contribution is 0.0936. The van der Waals surface area contributed by atoms with E-state index in [1.54, 1.807) is 6.92 Å². The molecular weight excluding hydrogens is 242 g/mol. The van der Waals surface area contributed by atoms with Crippen LogP contribution in [0.3, 0.4) is 0 Å². The summed E-state index contributed by atoms with van der Waals surface area (Å²) in [4.78, 5) is 26.6. The summed E-state index contributed by atoms with van der Waals surface area (Å²) in [7, 11) is 0. The van der Waals surface area contributed by atoms with Crippen LogP contribution in [0.5, 0.6) is 0 Å². The highest BCUT2D eigenvalue weighted by atomic mass is 16.2. The third-order valence-corrected chi connectivity index (χ3v) is 3.75. The van der Waals surface area contributed by atoms with Gasteiger partial charge in [-0.25, -0.2) is 0 Å². The molecule has 0 saturated heterocycles. The molecule has 0 aromatic carbocycles. The molecule has 1 aliphatic rings. The van der Waals surface area contributed by atoms with Crippen LogP contribution < -0.4 is 16.5 Å². The lowest BCUT2D eigenvalue weighted by Gasteiger charge is -2.33. The number of nitrogens with two attached hydrogens (primary N) is 1. The predicted molar refractivity (Wildman–Crippen MR) is 74.1 cm³/mol. The molecule has 0 spiro atoms. The molecule has 5 nitrogen and oxygen atoms in total. The molecule has 104 valence electrons. The van der Waals surface area contributed by atoms with Gasteiger partial charge in [-0.2, -0.15) is 0 Å². The molecule has 2 rings (SSSR count). The summed E-state index contributed by atoms with van der Waals surface area (Å²) in [5.74, 6) is -0.350. The monoisotopic (exact) mass is 263 g/mol. The first kappa shape index (κ1) is 13.8. The maximum absolute atomic E-state index is 12.0. The number of carbonyl (C=O) groups excluding carboxylic acids is 1. The summed E-state index contributed by atoms with van der Waals surface area (Å²) in [5.41, 5.74) is 6.56. The Labute approximate surface area is 112 Å². The quantitative estimate of drug-likeness (QED) is 0.762. The molecule has 4 N–H and O–H groups in total. The van der Waals surface area contributed by atoms with E-state index in [0.29, 0.717) is 6.54 Å². The average Bonchev–Trinajstić information content (AvgIpc) is 2.37. The van der Waals surface area contributed by atoms with Crippen LogP contribution in [0.2, 0.25) is 0 Å². The van der Waals surface area contributed by atoms with Gasteiger partial charge in [-0.3, -0.25) is 9.59 Å². The Morgan fingerprint density at radius 3 is 2.74 bits per heavy atom. The second kappa shape index (κ2) is 5.57. The van der Waals surface area contributed by atoms with Gasteiger partial charge >= 0.3 is 0 Å². The molecular formula is C14H21N3O2. The second-order valence-electron chi connectivity index (χ2n) is 5.50. The number of nitrogens with one attached hydrogen (secondary N) is 2. The van der Waals surface area contributed by atoms with Crippen LogP contribution in [0.1, 0.15) is 48.2 Å². The molecule has 0 atom stereocenters. The van der Waals surface area contributed by atoms with E-state index in [-0.39, 0.29) is 22.4 Å². The summed E-state index contributed by atoms with van der Waals surface area (Å²) in [6.07, 6.45) is 6.74. The standard InChI is InChI=1S/C14H21N3O2/c1-10-7-12(18)11(8-16-10)13(19)17-9-14(15)5-3-2-4-6-14/h7-8H,2-6,9,15H2,1H3,(H,16,18)(H,17,19). The van der Waals surface area contributed by atoms with Crippen LogP contribution in [0.25, 0.3) is 0 Å². The number of aromatic nitrogens is 1. The minimum Gasteiger partial charge on any atom is -0.364 e. The summed E-state index contributed by atoms with van der Waals surface area (Å²) < 4.78 is 0. The Morgan fingerprint density at radius 1 is 1.42 bits per heavy atom. The van der Waals surface area contributed by atoms with Crippen LogP contribution in [-0.4, -0.2) is 23.0 Å². The van der Waals surface area contributed by atoms with Crippen molar-refractivity contribution in [2.45, 2.75) is 44.6 Å². The van der Waals surface area contributed by atoms with E-state index in [4.69, 9.17) is 5.73 Å². The number of carbonyl (C=O) groups is 1. The fourth-order valence-corrected chi connectivity index (χ4v) is 2.53. The topological polar surface area (TPSA) is 88.0 Å². The molecule has 1 aromatic heterocycles. The van der Waals surface area contributed by atoms with E-state index in [1.807, 2.05) is 0 Å².